The van der Waals surface area contributed by atoms with Gasteiger partial charge < -0.3 is 55.5 Å². The molecular weight excluding hydrogens is 1030 g/mol. The minimum absolute atomic E-state index is 0.0924. The topological polar surface area (TPSA) is 219 Å². The van der Waals surface area contributed by atoms with E-state index in [1.54, 1.807) is 59.7 Å². The van der Waals surface area contributed by atoms with Crippen LogP contribution in [0.15, 0.2) is 79.1 Å². The summed E-state index contributed by atoms with van der Waals surface area (Å²) in [5.74, 6) is -0.650. The number of anilines is 2. The quantitative estimate of drug-likeness (QED) is 0.0685. The van der Waals surface area contributed by atoms with E-state index in [4.69, 9.17) is 25.0 Å². The van der Waals surface area contributed by atoms with E-state index in [0.717, 1.165) is 65.6 Å². The summed E-state index contributed by atoms with van der Waals surface area (Å²) >= 11 is 0. The number of aromatic nitrogens is 3. The second-order valence-electron chi connectivity index (χ2n) is 22.9. The van der Waals surface area contributed by atoms with Gasteiger partial charge in [0.05, 0.1) is 75.4 Å². The molecule has 3 aromatic carbocycles. The van der Waals surface area contributed by atoms with E-state index >= 15 is 0 Å². The second kappa shape index (κ2) is 25.6. The van der Waals surface area contributed by atoms with Gasteiger partial charge in [-0.15, -0.1) is 0 Å². The fourth-order valence-electron chi connectivity index (χ4n) is 11.4. The third kappa shape index (κ3) is 13.5. The molecule has 5 atom stereocenters. The number of rotatable bonds is 19. The monoisotopic (exact) mass is 1110 g/mol. The number of amides is 5. The van der Waals surface area contributed by atoms with Crippen molar-refractivity contribution in [1.29, 1.82) is 0 Å². The molecule has 9 rings (SSSR count). The van der Waals surface area contributed by atoms with Gasteiger partial charge in [0.25, 0.3) is 5.91 Å². The maximum absolute atomic E-state index is 14.7. The Kier molecular flexibility index (Phi) is 18.4. The minimum atomic E-state index is -0.898. The largest absolute Gasteiger partial charge is 0.491 e. The lowest BCUT2D eigenvalue weighted by atomic mass is 9.83. The lowest BCUT2D eigenvalue weighted by Crippen LogP contribution is -2.62. The maximum atomic E-state index is 14.7. The van der Waals surface area contributed by atoms with Crippen molar-refractivity contribution >= 4 is 41.0 Å². The van der Waals surface area contributed by atoms with Crippen molar-refractivity contribution in [1.82, 2.24) is 45.4 Å². The van der Waals surface area contributed by atoms with Crippen LogP contribution in [0, 0.1) is 11.2 Å². The van der Waals surface area contributed by atoms with Crippen molar-refractivity contribution < 1.29 is 42.6 Å². The average molecular weight is 1110 g/mol. The average Bonchev–Trinajstić information content (AvgIpc) is 4.31. The lowest BCUT2D eigenvalue weighted by molar-refractivity contribution is -0.147. The molecule has 2 aromatic heterocycles. The predicted molar refractivity (Wildman–Crippen MR) is 305 cm³/mol. The van der Waals surface area contributed by atoms with Crippen molar-refractivity contribution in [2.24, 2.45) is 5.41 Å². The van der Waals surface area contributed by atoms with Crippen LogP contribution in [-0.4, -0.2) is 144 Å². The van der Waals surface area contributed by atoms with E-state index in [2.05, 4.69) is 38.0 Å². The first kappa shape index (κ1) is 58.2. The van der Waals surface area contributed by atoms with Gasteiger partial charge in [0.15, 0.2) is 0 Å². The zero-order chi connectivity index (χ0) is 57.5. The van der Waals surface area contributed by atoms with E-state index in [9.17, 15) is 28.4 Å². The number of fused-ring (bicyclic) bond motifs is 10. The molecule has 2 bridgehead atoms. The number of hydrogen-bond donors (Lipinski definition) is 4. The minimum Gasteiger partial charge on any atom is -0.491 e. The van der Waals surface area contributed by atoms with E-state index < -0.39 is 29.4 Å². The number of carbonyl (C=O) groups excluding carboxylic acids is 5. The summed E-state index contributed by atoms with van der Waals surface area (Å²) < 4.78 is 34.2. The summed E-state index contributed by atoms with van der Waals surface area (Å²) in [5, 5.41) is 14.1. The number of halogens is 1. The van der Waals surface area contributed by atoms with Gasteiger partial charge in [0.1, 0.15) is 36.1 Å². The number of nitrogens with zero attached hydrogens (tertiary/aromatic N) is 7. The third-order valence-electron chi connectivity index (χ3n) is 16.2. The highest BCUT2D eigenvalue weighted by Crippen LogP contribution is 2.42. The Morgan fingerprint density at radius 1 is 0.901 bits per heavy atom. The van der Waals surface area contributed by atoms with E-state index in [-0.39, 0.29) is 87.6 Å². The van der Waals surface area contributed by atoms with Crippen LogP contribution in [0.1, 0.15) is 116 Å². The number of ether oxygens (including phenoxy) is 3. The Bertz CT molecular complexity index is 3110. The highest BCUT2D eigenvalue weighted by molar-refractivity contribution is 5.96. The number of nitrogens with two attached hydrogens (primary N) is 1. The van der Waals surface area contributed by atoms with Crippen LogP contribution in [0.2, 0.25) is 0 Å². The molecule has 1 saturated heterocycles. The fourth-order valence-corrected chi connectivity index (χ4v) is 11.4. The van der Waals surface area contributed by atoms with Crippen LogP contribution in [-0.2, 0) is 61.1 Å². The van der Waals surface area contributed by atoms with Gasteiger partial charge in [-0.2, -0.15) is 5.10 Å². The molecule has 0 spiro atoms. The molecule has 1 aliphatic carbocycles. The van der Waals surface area contributed by atoms with Crippen molar-refractivity contribution in [3.8, 4) is 16.9 Å². The van der Waals surface area contributed by atoms with Crippen molar-refractivity contribution in [3.05, 3.63) is 124 Å². The molecule has 5 amide bonds. The summed E-state index contributed by atoms with van der Waals surface area (Å²) in [5.41, 5.74) is 14.0. The standard InChI is InChI=1S/C61H78FN11O8/c1-38(64-5)57(75)67-55(61(2,3)4)60(78)73-35-42-30-44(19-17-40(42)31-53(73)58(76)66-49-15-10-13-39-12-8-9-14-45(39)49)81-29-28-80-27-26-79-25-21-54(74)69(6)23-24-71-36-48-41-32-52(56(63)65-34-41)72-22-11-16-51(72)47-33-43(62)18-20-46(47)59(77)70(7)37-50(48)68-71/h8-9,12,14,17-20,30,32-34,36,38,49,51,53,55,64H,10-11,13,15-16,21-29,31,35,37H2,1-7H3,(H2,63,65)(H,66,76)(H,67,75)/t38-,49+,51+,53-,55+/m0/s1. The Balaban J connectivity index is 0.745. The summed E-state index contributed by atoms with van der Waals surface area (Å²) in [6.45, 7) is 10.6. The van der Waals surface area contributed by atoms with Crippen LogP contribution in [0.4, 0.5) is 15.9 Å². The smallest absolute Gasteiger partial charge is 0.254 e. The molecule has 0 radical (unpaired) electrons. The molecule has 81 heavy (non-hydrogen) atoms. The molecule has 5 N–H and O–H groups in total. The van der Waals surface area contributed by atoms with Crippen LogP contribution in [0.3, 0.4) is 0 Å². The Hall–Kier alpha value is -7.42. The summed E-state index contributed by atoms with van der Waals surface area (Å²) in [7, 11) is 5.15. The number of benzene rings is 3. The molecule has 0 saturated carbocycles. The van der Waals surface area contributed by atoms with E-state index in [1.807, 2.05) is 63.4 Å². The fraction of sp³-hybridized carbons (Fsp3) is 0.492. The SMILES string of the molecule is CN[C@@H](C)C(=O)N[C@H](C(=O)N1Cc2cc(OCCOCCOCCC(=O)N(C)CCn3cc4c(n3)CN(C)C(=O)c3ccc(F)cc3[C@H]3CCCN3c3cc-4cnc3N)ccc2C[C@H]1C(=O)N[C@@H]1CCCc2ccccc21)C(C)(C)C. The highest BCUT2D eigenvalue weighted by Gasteiger charge is 2.43. The number of nitrogens with one attached hydrogen (secondary N) is 3. The van der Waals surface area contributed by atoms with Gasteiger partial charge in [0.2, 0.25) is 23.6 Å². The number of carbonyl (C=O) groups is 5. The first-order chi connectivity index (χ1) is 38.9. The van der Waals surface area contributed by atoms with Gasteiger partial charge in [-0.05, 0) is 116 Å². The van der Waals surface area contributed by atoms with Crippen LogP contribution in [0.25, 0.3) is 11.1 Å². The van der Waals surface area contributed by atoms with E-state index in [0.29, 0.717) is 61.1 Å². The predicted octanol–water partition coefficient (Wildman–Crippen LogP) is 6.14. The molecule has 4 aliphatic rings. The van der Waals surface area contributed by atoms with Gasteiger partial charge in [0, 0.05) is 69.2 Å². The zero-order valence-corrected chi connectivity index (χ0v) is 47.8. The molecular formula is C61H78FN11O8. The summed E-state index contributed by atoms with van der Waals surface area (Å²) in [6, 6.07) is 17.6. The van der Waals surface area contributed by atoms with Crippen LogP contribution < -0.4 is 31.3 Å². The van der Waals surface area contributed by atoms with E-state index in [1.165, 1.54) is 17.7 Å². The van der Waals surface area contributed by atoms with Crippen LogP contribution >= 0.6 is 0 Å². The van der Waals surface area contributed by atoms with Gasteiger partial charge in [-0.1, -0.05) is 51.1 Å². The lowest BCUT2D eigenvalue weighted by Gasteiger charge is -2.41. The van der Waals surface area contributed by atoms with Gasteiger partial charge >= 0.3 is 0 Å². The first-order valence-corrected chi connectivity index (χ1v) is 28.3. The van der Waals surface area contributed by atoms with Crippen LogP contribution in [0.5, 0.6) is 5.75 Å². The van der Waals surface area contributed by atoms with Gasteiger partial charge in [-0.3, -0.25) is 28.7 Å². The molecule has 0 unspecified atom stereocenters. The number of likely N-dealkylation sites (N-methyl/N-ethyl adjacent to an activating group) is 2. The number of nitrogen functional groups attached to an aromatic ring is 1. The van der Waals surface area contributed by atoms with Gasteiger partial charge in [-0.25, -0.2) is 9.37 Å². The second-order valence-corrected chi connectivity index (χ2v) is 22.9. The normalized spacial score (nSPS) is 18.4. The molecule has 19 nitrogen and oxygen atoms in total. The molecule has 3 aliphatic heterocycles. The molecule has 1 fully saturated rings. The maximum Gasteiger partial charge on any atom is 0.254 e. The highest BCUT2D eigenvalue weighted by atomic mass is 19.1. The van der Waals surface area contributed by atoms with Crippen molar-refractivity contribution in [2.45, 2.75) is 122 Å². The molecule has 432 valence electrons. The third-order valence-corrected chi connectivity index (χ3v) is 16.2. The number of hydrogen-bond acceptors (Lipinski definition) is 13. The van der Waals surface area contributed by atoms with Crippen molar-refractivity contribution in [2.75, 3.05) is 77.9 Å². The molecule has 5 heterocycles. The first-order valence-electron chi connectivity index (χ1n) is 28.3. The summed E-state index contributed by atoms with van der Waals surface area (Å²) in [4.78, 5) is 81.1. The molecule has 5 aromatic rings. The Morgan fingerprint density at radius 3 is 2.47 bits per heavy atom. The Morgan fingerprint density at radius 2 is 1.68 bits per heavy atom. The number of pyridine rings is 1. The van der Waals surface area contributed by atoms with Crippen molar-refractivity contribution in [3.63, 3.8) is 0 Å². The summed E-state index contributed by atoms with van der Waals surface area (Å²) in [6.07, 6.45) is 8.39. The number of aryl methyl sites for hydroxylation is 1. The molecule has 20 heteroatoms. The zero-order valence-electron chi connectivity index (χ0n) is 47.8. The Labute approximate surface area is 474 Å².